The molecule has 1 heterocycles. The van der Waals surface area contributed by atoms with Crippen LogP contribution in [0.15, 0.2) is 29.0 Å². The highest BCUT2D eigenvalue weighted by atomic mass is 79.9. The lowest BCUT2D eigenvalue weighted by Gasteiger charge is -2.13. The Labute approximate surface area is 116 Å². The molecule has 18 heavy (non-hydrogen) atoms. The second kappa shape index (κ2) is 5.57. The molecule has 1 aromatic carbocycles. The van der Waals surface area contributed by atoms with Gasteiger partial charge in [-0.05, 0) is 49.1 Å². The van der Waals surface area contributed by atoms with Gasteiger partial charge in [-0.25, -0.2) is 0 Å². The van der Waals surface area contributed by atoms with Crippen molar-refractivity contribution in [3.05, 3.63) is 45.7 Å². The van der Waals surface area contributed by atoms with Crippen molar-refractivity contribution < 1.29 is 0 Å². The van der Waals surface area contributed by atoms with E-state index in [2.05, 4.69) is 58.5 Å². The Morgan fingerprint density at radius 2 is 1.94 bits per heavy atom. The molecule has 1 N–H and O–H groups in total. The van der Waals surface area contributed by atoms with Crippen LogP contribution in [0.3, 0.4) is 0 Å². The Morgan fingerprint density at radius 1 is 1.28 bits per heavy atom. The smallest absolute Gasteiger partial charge is 0.0522 e. The van der Waals surface area contributed by atoms with Gasteiger partial charge in [0, 0.05) is 29.9 Å². The molecule has 0 atom stereocenters. The molecule has 0 fully saturated rings. The summed E-state index contributed by atoms with van der Waals surface area (Å²) < 4.78 is 2.97. The van der Waals surface area contributed by atoms with Crippen LogP contribution < -0.4 is 5.32 Å². The SMILES string of the molecule is Cc1cc(Br)cc(C)c1NCCc1cnn(C)c1. The van der Waals surface area contributed by atoms with Crippen LogP contribution in [0.2, 0.25) is 0 Å². The van der Waals surface area contributed by atoms with Gasteiger partial charge in [0.15, 0.2) is 0 Å². The number of hydrogen-bond donors (Lipinski definition) is 1. The molecule has 0 saturated heterocycles. The molecular weight excluding hydrogens is 290 g/mol. The first-order chi connectivity index (χ1) is 8.56. The van der Waals surface area contributed by atoms with Crippen molar-refractivity contribution >= 4 is 21.6 Å². The summed E-state index contributed by atoms with van der Waals surface area (Å²) in [5.41, 5.74) is 5.04. The lowest BCUT2D eigenvalue weighted by atomic mass is 10.1. The molecule has 0 aliphatic rings. The zero-order chi connectivity index (χ0) is 13.1. The summed E-state index contributed by atoms with van der Waals surface area (Å²) in [4.78, 5) is 0. The minimum absolute atomic E-state index is 0.926. The summed E-state index contributed by atoms with van der Waals surface area (Å²) in [6, 6.07) is 4.28. The molecule has 4 heteroatoms. The van der Waals surface area contributed by atoms with Gasteiger partial charge < -0.3 is 5.32 Å². The summed E-state index contributed by atoms with van der Waals surface area (Å²) >= 11 is 3.52. The number of aryl methyl sites for hydroxylation is 3. The van der Waals surface area contributed by atoms with Gasteiger partial charge in [0.1, 0.15) is 0 Å². The van der Waals surface area contributed by atoms with Gasteiger partial charge in [-0.1, -0.05) is 15.9 Å². The molecule has 0 radical (unpaired) electrons. The van der Waals surface area contributed by atoms with Gasteiger partial charge in [-0.15, -0.1) is 0 Å². The first-order valence-electron chi connectivity index (χ1n) is 6.04. The maximum Gasteiger partial charge on any atom is 0.0522 e. The lowest BCUT2D eigenvalue weighted by molar-refractivity contribution is 0.767. The van der Waals surface area contributed by atoms with E-state index in [1.54, 1.807) is 0 Å². The number of halogens is 1. The molecule has 96 valence electrons. The molecule has 0 amide bonds. The van der Waals surface area contributed by atoms with E-state index in [-0.39, 0.29) is 0 Å². The van der Waals surface area contributed by atoms with Crippen molar-refractivity contribution in [3.8, 4) is 0 Å². The van der Waals surface area contributed by atoms with E-state index >= 15 is 0 Å². The largest absolute Gasteiger partial charge is 0.384 e. The Kier molecular flexibility index (Phi) is 4.07. The van der Waals surface area contributed by atoms with Crippen LogP contribution in [0.4, 0.5) is 5.69 Å². The van der Waals surface area contributed by atoms with Crippen LogP contribution in [-0.2, 0) is 13.5 Å². The van der Waals surface area contributed by atoms with Crippen LogP contribution in [0.5, 0.6) is 0 Å². The Hall–Kier alpha value is -1.29. The highest BCUT2D eigenvalue weighted by Gasteiger charge is 2.04. The van der Waals surface area contributed by atoms with E-state index in [9.17, 15) is 0 Å². The summed E-state index contributed by atoms with van der Waals surface area (Å²) in [6.45, 7) is 5.18. The summed E-state index contributed by atoms with van der Waals surface area (Å²) in [5, 5.41) is 7.68. The van der Waals surface area contributed by atoms with E-state index < -0.39 is 0 Å². The molecule has 0 aliphatic heterocycles. The zero-order valence-electron chi connectivity index (χ0n) is 11.0. The fourth-order valence-corrected chi connectivity index (χ4v) is 2.81. The topological polar surface area (TPSA) is 29.9 Å². The molecular formula is C14H18BrN3. The number of anilines is 1. The van der Waals surface area contributed by atoms with Crippen LogP contribution in [0.1, 0.15) is 16.7 Å². The number of nitrogens with one attached hydrogen (secondary N) is 1. The van der Waals surface area contributed by atoms with Crippen molar-refractivity contribution in [1.29, 1.82) is 0 Å². The average molecular weight is 308 g/mol. The first-order valence-corrected chi connectivity index (χ1v) is 6.83. The second-order valence-corrected chi connectivity index (χ2v) is 5.53. The zero-order valence-corrected chi connectivity index (χ0v) is 12.6. The standard InChI is InChI=1S/C14H18BrN3/c1-10-6-13(15)7-11(2)14(10)16-5-4-12-8-17-18(3)9-12/h6-9,16H,4-5H2,1-3H3. The summed E-state index contributed by atoms with van der Waals surface area (Å²) in [6.07, 6.45) is 4.97. The summed E-state index contributed by atoms with van der Waals surface area (Å²) in [5.74, 6) is 0. The maximum atomic E-state index is 4.17. The fourth-order valence-electron chi connectivity index (χ4n) is 2.12. The number of hydrogen-bond acceptors (Lipinski definition) is 2. The predicted molar refractivity (Wildman–Crippen MR) is 79.0 cm³/mol. The number of rotatable bonds is 4. The third-order valence-corrected chi connectivity index (χ3v) is 3.43. The fraction of sp³-hybridized carbons (Fsp3) is 0.357. The Morgan fingerprint density at radius 3 is 2.50 bits per heavy atom. The molecule has 0 unspecified atom stereocenters. The molecule has 2 rings (SSSR count). The van der Waals surface area contributed by atoms with Gasteiger partial charge in [-0.2, -0.15) is 5.10 Å². The third kappa shape index (κ3) is 3.13. The van der Waals surface area contributed by atoms with Gasteiger partial charge in [0.2, 0.25) is 0 Å². The maximum absolute atomic E-state index is 4.17. The minimum Gasteiger partial charge on any atom is -0.384 e. The lowest BCUT2D eigenvalue weighted by Crippen LogP contribution is -2.07. The van der Waals surface area contributed by atoms with Gasteiger partial charge >= 0.3 is 0 Å². The van der Waals surface area contributed by atoms with Crippen molar-refractivity contribution in [2.24, 2.45) is 7.05 Å². The molecule has 2 aromatic rings. The highest BCUT2D eigenvalue weighted by Crippen LogP contribution is 2.24. The highest BCUT2D eigenvalue weighted by molar-refractivity contribution is 9.10. The first kappa shape index (κ1) is 13.1. The van der Waals surface area contributed by atoms with Crippen LogP contribution in [0, 0.1) is 13.8 Å². The molecule has 0 bridgehead atoms. The monoisotopic (exact) mass is 307 g/mol. The Balaban J connectivity index is 1.98. The van der Waals surface area contributed by atoms with E-state index in [0.717, 1.165) is 17.4 Å². The van der Waals surface area contributed by atoms with Gasteiger partial charge in [0.05, 0.1) is 6.20 Å². The summed E-state index contributed by atoms with van der Waals surface area (Å²) in [7, 11) is 1.94. The number of aromatic nitrogens is 2. The predicted octanol–water partition coefficient (Wildman–Crippen LogP) is 3.45. The van der Waals surface area contributed by atoms with Crippen LogP contribution >= 0.6 is 15.9 Å². The van der Waals surface area contributed by atoms with Crippen LogP contribution in [-0.4, -0.2) is 16.3 Å². The van der Waals surface area contributed by atoms with Crippen molar-refractivity contribution in [3.63, 3.8) is 0 Å². The van der Waals surface area contributed by atoms with Crippen molar-refractivity contribution in [2.45, 2.75) is 20.3 Å². The van der Waals surface area contributed by atoms with Crippen molar-refractivity contribution in [2.75, 3.05) is 11.9 Å². The number of benzene rings is 1. The molecule has 0 saturated carbocycles. The second-order valence-electron chi connectivity index (χ2n) is 4.61. The van der Waals surface area contributed by atoms with E-state index in [1.165, 1.54) is 22.4 Å². The van der Waals surface area contributed by atoms with Gasteiger partial charge in [-0.3, -0.25) is 4.68 Å². The van der Waals surface area contributed by atoms with E-state index in [0.29, 0.717) is 0 Å². The van der Waals surface area contributed by atoms with E-state index in [1.807, 2.05) is 17.9 Å². The average Bonchev–Trinajstić information content (AvgIpc) is 2.68. The van der Waals surface area contributed by atoms with Gasteiger partial charge in [0.25, 0.3) is 0 Å². The molecule has 0 spiro atoms. The molecule has 0 aliphatic carbocycles. The molecule has 1 aromatic heterocycles. The number of nitrogens with zero attached hydrogens (tertiary/aromatic N) is 2. The quantitative estimate of drug-likeness (QED) is 0.937. The normalized spacial score (nSPS) is 10.7. The molecule has 3 nitrogen and oxygen atoms in total. The van der Waals surface area contributed by atoms with E-state index in [4.69, 9.17) is 0 Å². The minimum atomic E-state index is 0.926. The Bertz CT molecular complexity index is 523. The van der Waals surface area contributed by atoms with Crippen LogP contribution in [0.25, 0.3) is 0 Å². The van der Waals surface area contributed by atoms with Crippen molar-refractivity contribution in [1.82, 2.24) is 9.78 Å². The third-order valence-electron chi connectivity index (χ3n) is 2.97.